The van der Waals surface area contributed by atoms with Gasteiger partial charge in [-0.25, -0.2) is 0 Å². The zero-order valence-electron chi connectivity index (χ0n) is 11.7. The van der Waals surface area contributed by atoms with Crippen molar-refractivity contribution in [1.29, 1.82) is 0 Å². The Morgan fingerprint density at radius 3 is 2.16 bits per heavy atom. The van der Waals surface area contributed by atoms with Gasteiger partial charge in [-0.1, -0.05) is 18.7 Å². The van der Waals surface area contributed by atoms with Crippen LogP contribution in [0.1, 0.15) is 0 Å². The lowest BCUT2D eigenvalue weighted by Crippen LogP contribution is -2.45. The molecule has 0 heterocycles. The molecule has 1 aliphatic rings. The van der Waals surface area contributed by atoms with Crippen molar-refractivity contribution in [2.45, 2.75) is 18.3 Å². The molecule has 0 aromatic rings. The van der Waals surface area contributed by atoms with Crippen LogP contribution in [-0.2, 0) is 28.4 Å². The third-order valence-corrected chi connectivity index (χ3v) is 2.61. The predicted molar refractivity (Wildman–Crippen MR) is 68.5 cm³/mol. The van der Waals surface area contributed by atoms with Crippen LogP contribution in [0.5, 0.6) is 0 Å². The van der Waals surface area contributed by atoms with Gasteiger partial charge in [0.05, 0.1) is 0 Å². The summed E-state index contributed by atoms with van der Waals surface area (Å²) in [6, 6.07) is 0. The van der Waals surface area contributed by atoms with Crippen molar-refractivity contribution < 1.29 is 28.4 Å². The minimum Gasteiger partial charge on any atom is -0.359 e. The third-order valence-electron chi connectivity index (χ3n) is 2.61. The maximum absolute atomic E-state index is 5.63. The van der Waals surface area contributed by atoms with Crippen LogP contribution in [0.3, 0.4) is 0 Å². The molecule has 0 unspecified atom stereocenters. The van der Waals surface area contributed by atoms with Crippen LogP contribution in [0.25, 0.3) is 0 Å². The van der Waals surface area contributed by atoms with E-state index in [1.807, 2.05) is 12.2 Å². The summed E-state index contributed by atoms with van der Waals surface area (Å²) in [7, 11) is 4.68. The van der Waals surface area contributed by atoms with Gasteiger partial charge >= 0.3 is 0 Å². The van der Waals surface area contributed by atoms with E-state index in [-0.39, 0.29) is 38.7 Å². The number of hydrogen-bond acceptors (Lipinski definition) is 6. The van der Waals surface area contributed by atoms with Crippen LogP contribution in [0, 0.1) is 0 Å². The number of hydrogen-bond donors (Lipinski definition) is 0. The summed E-state index contributed by atoms with van der Waals surface area (Å²) in [5.41, 5.74) is 0.801. The summed E-state index contributed by atoms with van der Waals surface area (Å²) in [6.45, 7) is 4.42. The van der Waals surface area contributed by atoms with Gasteiger partial charge in [0.15, 0.2) is 0 Å². The largest absolute Gasteiger partial charge is 0.359 e. The average molecular weight is 274 g/mol. The second kappa shape index (κ2) is 9.19. The average Bonchev–Trinajstić information content (AvgIpc) is 2.42. The lowest BCUT2D eigenvalue weighted by Gasteiger charge is -2.35. The molecule has 6 nitrogen and oxygen atoms in total. The van der Waals surface area contributed by atoms with E-state index in [4.69, 9.17) is 28.4 Å². The summed E-state index contributed by atoms with van der Waals surface area (Å²) < 4.78 is 31.5. The van der Waals surface area contributed by atoms with Gasteiger partial charge in [0, 0.05) is 21.3 Å². The van der Waals surface area contributed by atoms with E-state index in [2.05, 4.69) is 6.58 Å². The first kappa shape index (κ1) is 16.3. The van der Waals surface area contributed by atoms with E-state index in [1.165, 1.54) is 0 Å². The van der Waals surface area contributed by atoms with Gasteiger partial charge in [-0.15, -0.1) is 0 Å². The van der Waals surface area contributed by atoms with E-state index in [0.717, 1.165) is 5.57 Å². The molecule has 0 radical (unpaired) electrons. The fraction of sp³-hybridized carbons (Fsp3) is 0.692. The van der Waals surface area contributed by atoms with Crippen LogP contribution in [0.2, 0.25) is 0 Å². The first-order valence-electron chi connectivity index (χ1n) is 5.93. The number of methoxy groups -OCH3 is 3. The lowest BCUT2D eigenvalue weighted by atomic mass is 9.94. The van der Waals surface area contributed by atoms with Crippen molar-refractivity contribution in [3.8, 4) is 0 Å². The van der Waals surface area contributed by atoms with E-state index in [1.54, 1.807) is 21.3 Å². The van der Waals surface area contributed by atoms with Gasteiger partial charge in [0.2, 0.25) is 0 Å². The normalized spacial score (nSPS) is 26.9. The maximum Gasteiger partial charge on any atom is 0.147 e. The highest BCUT2D eigenvalue weighted by Crippen LogP contribution is 2.25. The van der Waals surface area contributed by atoms with E-state index in [0.29, 0.717) is 0 Å². The van der Waals surface area contributed by atoms with E-state index in [9.17, 15) is 0 Å². The first-order valence-corrected chi connectivity index (χ1v) is 5.93. The Labute approximate surface area is 113 Å². The molecule has 1 aliphatic carbocycles. The number of rotatable bonds is 9. The van der Waals surface area contributed by atoms with Crippen molar-refractivity contribution in [3.63, 3.8) is 0 Å². The summed E-state index contributed by atoms with van der Waals surface area (Å²) in [5, 5.41) is 0. The topological polar surface area (TPSA) is 55.4 Å². The molecule has 0 amide bonds. The molecule has 1 rings (SSSR count). The highest BCUT2D eigenvalue weighted by Gasteiger charge is 2.35. The van der Waals surface area contributed by atoms with E-state index >= 15 is 0 Å². The molecule has 0 saturated carbocycles. The molecule has 0 spiro atoms. The molecule has 110 valence electrons. The smallest absolute Gasteiger partial charge is 0.147 e. The highest BCUT2D eigenvalue weighted by atomic mass is 16.7. The monoisotopic (exact) mass is 274 g/mol. The van der Waals surface area contributed by atoms with Crippen molar-refractivity contribution in [1.82, 2.24) is 0 Å². The van der Waals surface area contributed by atoms with Crippen LogP contribution >= 0.6 is 0 Å². The van der Waals surface area contributed by atoms with Gasteiger partial charge in [0.1, 0.15) is 38.7 Å². The fourth-order valence-corrected chi connectivity index (χ4v) is 1.78. The van der Waals surface area contributed by atoms with Gasteiger partial charge in [-0.2, -0.15) is 0 Å². The molecule has 0 aliphatic heterocycles. The second-order valence-corrected chi connectivity index (χ2v) is 4.00. The summed E-state index contributed by atoms with van der Waals surface area (Å²) in [6.07, 6.45) is 2.73. The van der Waals surface area contributed by atoms with Gasteiger partial charge in [-0.3, -0.25) is 0 Å². The Kier molecular flexibility index (Phi) is 7.88. The summed E-state index contributed by atoms with van der Waals surface area (Å²) in [4.78, 5) is 0. The lowest BCUT2D eigenvalue weighted by molar-refractivity contribution is -0.190. The van der Waals surface area contributed by atoms with Gasteiger partial charge < -0.3 is 28.4 Å². The first-order chi connectivity index (χ1) is 9.24. The molecule has 0 fully saturated rings. The quantitative estimate of drug-likeness (QED) is 0.586. The van der Waals surface area contributed by atoms with Crippen LogP contribution in [0.15, 0.2) is 24.3 Å². The molecule has 0 aromatic carbocycles. The van der Waals surface area contributed by atoms with Crippen LogP contribution < -0.4 is 0 Å². The van der Waals surface area contributed by atoms with Crippen molar-refractivity contribution in [2.75, 3.05) is 41.7 Å². The Bertz CT molecular complexity index is 291. The van der Waals surface area contributed by atoms with Crippen molar-refractivity contribution in [3.05, 3.63) is 24.3 Å². The molecular formula is C13H22O6. The molecule has 0 N–H and O–H groups in total. The fourth-order valence-electron chi connectivity index (χ4n) is 1.78. The molecular weight excluding hydrogens is 252 g/mol. The van der Waals surface area contributed by atoms with E-state index < -0.39 is 0 Å². The third kappa shape index (κ3) is 5.02. The van der Waals surface area contributed by atoms with Gasteiger partial charge in [-0.05, 0) is 5.57 Å². The summed E-state index contributed by atoms with van der Waals surface area (Å²) in [5.74, 6) is 0. The number of ether oxygens (including phenoxy) is 6. The summed E-state index contributed by atoms with van der Waals surface area (Å²) >= 11 is 0. The maximum atomic E-state index is 5.63. The molecule has 6 heteroatoms. The van der Waals surface area contributed by atoms with Crippen LogP contribution in [0.4, 0.5) is 0 Å². The Balaban J connectivity index is 2.72. The Morgan fingerprint density at radius 2 is 1.53 bits per heavy atom. The SMILES string of the molecule is C=C1C=C[C@H](OCOC)[C@@H](OCOC)[C@H]1OCOC. The minimum absolute atomic E-state index is 0.144. The second-order valence-electron chi connectivity index (χ2n) is 4.00. The Hall–Kier alpha value is -0.760. The molecule has 0 aromatic heterocycles. The van der Waals surface area contributed by atoms with Crippen LogP contribution in [-0.4, -0.2) is 60.0 Å². The zero-order valence-corrected chi connectivity index (χ0v) is 11.7. The molecule has 0 saturated heterocycles. The van der Waals surface area contributed by atoms with Gasteiger partial charge in [0.25, 0.3) is 0 Å². The predicted octanol–water partition coefficient (Wildman–Crippen LogP) is 1.08. The standard InChI is InChI=1S/C13H22O6/c1-10-5-6-11(17-7-14-2)13(19-9-16-4)12(10)18-8-15-3/h5-6,11-13H,1,7-9H2,2-4H3/t11-,12-,13+/m0/s1. The molecule has 3 atom stereocenters. The zero-order chi connectivity index (χ0) is 14.1. The van der Waals surface area contributed by atoms with Crippen molar-refractivity contribution in [2.24, 2.45) is 0 Å². The molecule has 0 bridgehead atoms. The van der Waals surface area contributed by atoms with Crippen molar-refractivity contribution >= 4 is 0 Å². The molecule has 19 heavy (non-hydrogen) atoms. The highest BCUT2D eigenvalue weighted by molar-refractivity contribution is 5.28. The Morgan fingerprint density at radius 1 is 0.947 bits per heavy atom. The minimum atomic E-state index is -0.359.